The molecule has 1 aromatic heterocycles. The lowest BCUT2D eigenvalue weighted by molar-refractivity contribution is 0.755. The quantitative estimate of drug-likeness (QED) is 0.693. The lowest BCUT2D eigenvalue weighted by Crippen LogP contribution is -2.17. The number of hydrogen-bond donors (Lipinski definition) is 2. The summed E-state index contributed by atoms with van der Waals surface area (Å²) in [6.07, 6.45) is 0. The van der Waals surface area contributed by atoms with Crippen LogP contribution in [0.5, 0.6) is 0 Å². The van der Waals surface area contributed by atoms with E-state index in [0.717, 1.165) is 16.3 Å². The van der Waals surface area contributed by atoms with Gasteiger partial charge in [0.25, 0.3) is 0 Å². The monoisotopic (exact) mass is 257 g/mol. The number of aromatic amines is 2. The molecule has 90 valence electrons. The largest absolute Gasteiger partial charge is 0.342 e. The van der Waals surface area contributed by atoms with Crippen LogP contribution in [-0.4, -0.2) is 14.8 Å². The molecule has 3 aromatic rings. The van der Waals surface area contributed by atoms with Crippen LogP contribution >= 0.6 is 12.2 Å². The minimum Gasteiger partial charge on any atom is -0.272 e. The van der Waals surface area contributed by atoms with Crippen LogP contribution in [0.2, 0.25) is 0 Å². The lowest BCUT2D eigenvalue weighted by Gasteiger charge is -2.06. The summed E-state index contributed by atoms with van der Waals surface area (Å²) in [6, 6.07) is 14.2. The Balaban J connectivity index is 2.16. The van der Waals surface area contributed by atoms with E-state index < -0.39 is 0 Å². The molecule has 0 bridgehead atoms. The Bertz CT molecular complexity index is 780. The number of rotatable bonds is 2. The third-order valence-corrected chi connectivity index (χ3v) is 3.30. The summed E-state index contributed by atoms with van der Waals surface area (Å²) < 4.78 is 1.92. The minimum absolute atomic E-state index is 0.215. The first-order chi connectivity index (χ1) is 8.75. The topological polar surface area (TPSA) is 53.6 Å². The second-order valence-corrected chi connectivity index (χ2v) is 4.47. The molecule has 2 N–H and O–H groups in total. The smallest absolute Gasteiger partial charge is 0.272 e. The molecule has 5 heteroatoms. The SMILES string of the molecule is O=c1[nH][nH]c(=S)n1Cc1cccc2ccccc12. The van der Waals surface area contributed by atoms with Gasteiger partial charge in [0.05, 0.1) is 6.54 Å². The van der Waals surface area contributed by atoms with E-state index in [4.69, 9.17) is 12.2 Å². The fourth-order valence-corrected chi connectivity index (χ4v) is 2.28. The maximum Gasteiger partial charge on any atom is 0.342 e. The molecule has 0 aliphatic rings. The van der Waals surface area contributed by atoms with Crippen LogP contribution < -0.4 is 5.69 Å². The Kier molecular flexibility index (Phi) is 2.60. The molecule has 0 radical (unpaired) electrons. The van der Waals surface area contributed by atoms with Gasteiger partial charge in [0.2, 0.25) is 0 Å². The van der Waals surface area contributed by atoms with Gasteiger partial charge in [0.1, 0.15) is 0 Å². The van der Waals surface area contributed by atoms with E-state index in [9.17, 15) is 4.79 Å². The van der Waals surface area contributed by atoms with Gasteiger partial charge in [-0.15, -0.1) is 0 Å². The Hall–Kier alpha value is -2.14. The van der Waals surface area contributed by atoms with Crippen molar-refractivity contribution in [2.45, 2.75) is 6.54 Å². The highest BCUT2D eigenvalue weighted by Crippen LogP contribution is 2.18. The summed E-state index contributed by atoms with van der Waals surface area (Å²) >= 11 is 5.07. The maximum atomic E-state index is 11.6. The first kappa shape index (κ1) is 11.0. The van der Waals surface area contributed by atoms with Crippen molar-refractivity contribution < 1.29 is 0 Å². The molecular weight excluding hydrogens is 246 g/mol. The molecule has 18 heavy (non-hydrogen) atoms. The van der Waals surface area contributed by atoms with Crippen molar-refractivity contribution in [3.8, 4) is 0 Å². The number of aromatic nitrogens is 3. The number of fused-ring (bicyclic) bond motifs is 1. The van der Waals surface area contributed by atoms with Gasteiger partial charge in [-0.1, -0.05) is 42.5 Å². The molecule has 1 heterocycles. The van der Waals surface area contributed by atoms with Gasteiger partial charge in [-0.25, -0.2) is 9.89 Å². The summed E-state index contributed by atoms with van der Waals surface area (Å²) in [5.74, 6) is 0. The van der Waals surface area contributed by atoms with E-state index in [2.05, 4.69) is 28.4 Å². The summed E-state index contributed by atoms with van der Waals surface area (Å²) in [6.45, 7) is 0.471. The first-order valence-corrected chi connectivity index (χ1v) is 6.00. The fourth-order valence-electron chi connectivity index (χ4n) is 2.08. The van der Waals surface area contributed by atoms with Crippen molar-refractivity contribution in [2.75, 3.05) is 0 Å². The molecule has 4 nitrogen and oxygen atoms in total. The van der Waals surface area contributed by atoms with Crippen LogP contribution in [0, 0.1) is 4.77 Å². The van der Waals surface area contributed by atoms with Crippen LogP contribution in [-0.2, 0) is 6.54 Å². The Morgan fingerprint density at radius 3 is 2.61 bits per heavy atom. The van der Waals surface area contributed by atoms with Gasteiger partial charge in [0, 0.05) is 0 Å². The highest BCUT2D eigenvalue weighted by Gasteiger charge is 2.04. The lowest BCUT2D eigenvalue weighted by atomic mass is 10.0. The maximum absolute atomic E-state index is 11.6. The van der Waals surface area contributed by atoms with Gasteiger partial charge >= 0.3 is 5.69 Å². The van der Waals surface area contributed by atoms with Gasteiger partial charge in [-0.05, 0) is 28.6 Å². The molecule has 0 saturated carbocycles. The average molecular weight is 257 g/mol. The van der Waals surface area contributed by atoms with Crippen LogP contribution in [0.3, 0.4) is 0 Å². The van der Waals surface area contributed by atoms with Crippen molar-refractivity contribution >= 4 is 23.0 Å². The van der Waals surface area contributed by atoms with Crippen molar-refractivity contribution in [2.24, 2.45) is 0 Å². The number of hydrogen-bond acceptors (Lipinski definition) is 2. The Labute approximate surface area is 108 Å². The van der Waals surface area contributed by atoms with E-state index >= 15 is 0 Å². The summed E-state index contributed by atoms with van der Waals surface area (Å²) in [5.41, 5.74) is 0.863. The number of nitrogens with zero attached hydrogens (tertiary/aromatic N) is 1. The zero-order chi connectivity index (χ0) is 12.5. The summed E-state index contributed by atoms with van der Waals surface area (Å²) in [5, 5.41) is 7.43. The predicted molar refractivity (Wildman–Crippen MR) is 73.3 cm³/mol. The van der Waals surface area contributed by atoms with Gasteiger partial charge in [0.15, 0.2) is 4.77 Å². The van der Waals surface area contributed by atoms with Crippen LogP contribution in [0.15, 0.2) is 47.3 Å². The molecule has 0 saturated heterocycles. The molecule has 3 rings (SSSR count). The third-order valence-electron chi connectivity index (χ3n) is 2.98. The fraction of sp³-hybridized carbons (Fsp3) is 0.0769. The molecular formula is C13H11N3OS. The van der Waals surface area contributed by atoms with E-state index in [1.807, 2.05) is 24.3 Å². The second-order valence-electron chi connectivity index (χ2n) is 4.08. The van der Waals surface area contributed by atoms with Crippen molar-refractivity contribution in [3.05, 3.63) is 63.3 Å². The zero-order valence-corrected chi connectivity index (χ0v) is 10.3. The summed E-state index contributed by atoms with van der Waals surface area (Å²) in [4.78, 5) is 11.6. The second kappa shape index (κ2) is 4.27. The van der Waals surface area contributed by atoms with Crippen LogP contribution in [0.4, 0.5) is 0 Å². The molecule has 0 atom stereocenters. The van der Waals surface area contributed by atoms with Crippen molar-refractivity contribution in [3.63, 3.8) is 0 Å². The van der Waals surface area contributed by atoms with E-state index in [1.165, 1.54) is 4.57 Å². The first-order valence-electron chi connectivity index (χ1n) is 5.60. The summed E-state index contributed by atoms with van der Waals surface area (Å²) in [7, 11) is 0. The zero-order valence-electron chi connectivity index (χ0n) is 9.51. The van der Waals surface area contributed by atoms with Crippen LogP contribution in [0.25, 0.3) is 10.8 Å². The number of H-pyrrole nitrogens is 2. The number of benzene rings is 2. The molecule has 0 fully saturated rings. The predicted octanol–water partition coefficient (Wildman–Crippen LogP) is 2.44. The molecule has 0 amide bonds. The molecule has 2 aromatic carbocycles. The van der Waals surface area contributed by atoms with Gasteiger partial charge in [-0.3, -0.25) is 9.67 Å². The van der Waals surface area contributed by atoms with Gasteiger partial charge in [-0.2, -0.15) is 0 Å². The normalized spacial score (nSPS) is 10.9. The Morgan fingerprint density at radius 1 is 1.06 bits per heavy atom. The number of nitrogens with one attached hydrogen (secondary N) is 2. The van der Waals surface area contributed by atoms with E-state index in [-0.39, 0.29) is 5.69 Å². The molecule has 0 aliphatic heterocycles. The molecule has 0 aliphatic carbocycles. The molecule has 0 unspecified atom stereocenters. The Morgan fingerprint density at radius 2 is 1.83 bits per heavy atom. The highest BCUT2D eigenvalue weighted by atomic mass is 32.1. The minimum atomic E-state index is -0.215. The average Bonchev–Trinajstić information content (AvgIpc) is 2.71. The molecule has 0 spiro atoms. The third kappa shape index (κ3) is 1.78. The highest BCUT2D eigenvalue weighted by molar-refractivity contribution is 7.71. The van der Waals surface area contributed by atoms with Gasteiger partial charge < -0.3 is 0 Å². The van der Waals surface area contributed by atoms with Crippen LogP contribution in [0.1, 0.15) is 5.56 Å². The van der Waals surface area contributed by atoms with E-state index in [1.54, 1.807) is 0 Å². The standard InChI is InChI=1S/C13H11N3OS/c17-12-14-15-13(18)16(12)8-10-6-3-5-9-4-1-2-7-11(9)10/h1-7H,8H2,(H,14,17)(H,15,18). The van der Waals surface area contributed by atoms with E-state index in [0.29, 0.717) is 11.3 Å². The van der Waals surface area contributed by atoms with Crippen molar-refractivity contribution in [1.29, 1.82) is 0 Å². The van der Waals surface area contributed by atoms with Crippen molar-refractivity contribution in [1.82, 2.24) is 14.8 Å².